The zero-order valence-electron chi connectivity index (χ0n) is 9.93. The number of hydrogen-bond donors (Lipinski definition) is 1. The Morgan fingerprint density at radius 2 is 2.31 bits per heavy atom. The lowest BCUT2D eigenvalue weighted by atomic mass is 10.1. The van der Waals surface area contributed by atoms with Gasteiger partial charge in [0.25, 0.3) is 0 Å². The fourth-order valence-electron chi connectivity index (χ4n) is 2.18. The molecule has 0 saturated carbocycles. The lowest BCUT2D eigenvalue weighted by molar-refractivity contribution is 0.395. The van der Waals surface area contributed by atoms with Gasteiger partial charge in [0.2, 0.25) is 0 Å². The first-order valence-electron chi connectivity index (χ1n) is 5.62. The number of nitrogens with zero attached hydrogens (tertiary/aromatic N) is 4. The second-order valence-electron chi connectivity index (χ2n) is 4.60. The molecule has 1 unspecified atom stereocenters. The number of aromatic nitrogens is 2. The summed E-state index contributed by atoms with van der Waals surface area (Å²) in [5.74, 6) is 2.09. The van der Waals surface area contributed by atoms with Gasteiger partial charge in [-0.2, -0.15) is 0 Å². The first-order valence-corrected chi connectivity index (χ1v) is 5.62. The number of hydrogen-bond acceptors (Lipinski definition) is 5. The Morgan fingerprint density at radius 3 is 2.88 bits per heavy atom. The van der Waals surface area contributed by atoms with Crippen molar-refractivity contribution in [3.8, 4) is 0 Å². The standard InChI is InChI=1S/C11H19N5/c1-15-4-3-9(7-15)8-16(2)11-6-13-10(12)5-14-11/h5-6,9H,3-4,7-8H2,1-2H3,(H2,12,13). The first-order chi connectivity index (χ1) is 7.65. The zero-order chi connectivity index (χ0) is 11.5. The highest BCUT2D eigenvalue weighted by Gasteiger charge is 2.21. The van der Waals surface area contributed by atoms with Gasteiger partial charge in [0.1, 0.15) is 11.6 Å². The van der Waals surface area contributed by atoms with E-state index in [9.17, 15) is 0 Å². The maximum absolute atomic E-state index is 5.51. The van der Waals surface area contributed by atoms with Crippen LogP contribution in [0.2, 0.25) is 0 Å². The fraction of sp³-hybridized carbons (Fsp3) is 0.636. The average molecular weight is 221 g/mol. The molecule has 0 bridgehead atoms. The molecule has 1 aromatic heterocycles. The van der Waals surface area contributed by atoms with Gasteiger partial charge < -0.3 is 15.5 Å². The highest BCUT2D eigenvalue weighted by atomic mass is 15.2. The van der Waals surface area contributed by atoms with Gasteiger partial charge in [-0.15, -0.1) is 0 Å². The number of rotatable bonds is 3. The molecular formula is C11H19N5. The van der Waals surface area contributed by atoms with E-state index in [0.29, 0.717) is 5.82 Å². The van der Waals surface area contributed by atoms with Crippen LogP contribution in [0.15, 0.2) is 12.4 Å². The van der Waals surface area contributed by atoms with Gasteiger partial charge in [-0.3, -0.25) is 0 Å². The summed E-state index contributed by atoms with van der Waals surface area (Å²) in [6.45, 7) is 3.40. The van der Waals surface area contributed by atoms with Crippen LogP contribution < -0.4 is 10.6 Å². The maximum atomic E-state index is 5.51. The van der Waals surface area contributed by atoms with Crippen molar-refractivity contribution in [2.75, 3.05) is 44.4 Å². The van der Waals surface area contributed by atoms with Crippen LogP contribution in [0.25, 0.3) is 0 Å². The number of nitrogens with two attached hydrogens (primary N) is 1. The molecule has 1 atom stereocenters. The van der Waals surface area contributed by atoms with Gasteiger partial charge in [-0.1, -0.05) is 0 Å². The van der Waals surface area contributed by atoms with Gasteiger partial charge >= 0.3 is 0 Å². The highest BCUT2D eigenvalue weighted by Crippen LogP contribution is 2.17. The lowest BCUT2D eigenvalue weighted by Gasteiger charge is -2.21. The summed E-state index contributed by atoms with van der Waals surface area (Å²) in [5, 5.41) is 0. The van der Waals surface area contributed by atoms with Crippen molar-refractivity contribution >= 4 is 11.6 Å². The van der Waals surface area contributed by atoms with E-state index < -0.39 is 0 Å². The van der Waals surface area contributed by atoms with Crippen molar-refractivity contribution in [1.29, 1.82) is 0 Å². The highest BCUT2D eigenvalue weighted by molar-refractivity contribution is 5.38. The lowest BCUT2D eigenvalue weighted by Crippen LogP contribution is -2.27. The third-order valence-electron chi connectivity index (χ3n) is 3.07. The van der Waals surface area contributed by atoms with E-state index in [2.05, 4.69) is 33.9 Å². The summed E-state index contributed by atoms with van der Waals surface area (Å²) >= 11 is 0. The molecule has 88 valence electrons. The van der Waals surface area contributed by atoms with E-state index in [0.717, 1.165) is 18.3 Å². The van der Waals surface area contributed by atoms with Crippen LogP contribution in [-0.4, -0.2) is 48.6 Å². The molecule has 1 aliphatic heterocycles. The predicted molar refractivity (Wildman–Crippen MR) is 65.3 cm³/mol. The van der Waals surface area contributed by atoms with E-state index in [4.69, 9.17) is 5.73 Å². The van der Waals surface area contributed by atoms with E-state index in [1.807, 2.05) is 0 Å². The van der Waals surface area contributed by atoms with Crippen LogP contribution in [-0.2, 0) is 0 Å². The number of nitrogen functional groups attached to an aromatic ring is 1. The Kier molecular flexibility index (Phi) is 3.24. The summed E-state index contributed by atoms with van der Waals surface area (Å²) in [4.78, 5) is 12.8. The van der Waals surface area contributed by atoms with Crippen LogP contribution in [0, 0.1) is 5.92 Å². The van der Waals surface area contributed by atoms with E-state index in [-0.39, 0.29) is 0 Å². The van der Waals surface area contributed by atoms with Crippen LogP contribution in [0.5, 0.6) is 0 Å². The van der Waals surface area contributed by atoms with Crippen LogP contribution in [0.3, 0.4) is 0 Å². The molecular weight excluding hydrogens is 202 g/mol. The molecule has 2 rings (SSSR count). The molecule has 2 heterocycles. The van der Waals surface area contributed by atoms with Crippen molar-refractivity contribution in [1.82, 2.24) is 14.9 Å². The SMILES string of the molecule is CN1CCC(CN(C)c2cnc(N)cn2)C1. The monoisotopic (exact) mass is 221 g/mol. The zero-order valence-corrected chi connectivity index (χ0v) is 9.93. The second-order valence-corrected chi connectivity index (χ2v) is 4.60. The summed E-state index contributed by atoms with van der Waals surface area (Å²) in [7, 11) is 4.22. The smallest absolute Gasteiger partial charge is 0.146 e. The Bertz CT molecular complexity index is 337. The molecule has 0 amide bonds. The molecule has 1 saturated heterocycles. The Hall–Kier alpha value is -1.36. The maximum Gasteiger partial charge on any atom is 0.146 e. The minimum atomic E-state index is 0.470. The summed E-state index contributed by atoms with van der Waals surface area (Å²) in [5.41, 5.74) is 5.51. The Balaban J connectivity index is 1.92. The first kappa shape index (κ1) is 11.1. The van der Waals surface area contributed by atoms with Crippen molar-refractivity contribution in [3.63, 3.8) is 0 Å². The average Bonchev–Trinajstić information content (AvgIpc) is 2.65. The van der Waals surface area contributed by atoms with Crippen LogP contribution in [0.4, 0.5) is 11.6 Å². The van der Waals surface area contributed by atoms with Crippen LogP contribution in [0.1, 0.15) is 6.42 Å². The van der Waals surface area contributed by atoms with Crippen LogP contribution >= 0.6 is 0 Å². The molecule has 1 fully saturated rings. The molecule has 0 radical (unpaired) electrons. The third-order valence-corrected chi connectivity index (χ3v) is 3.07. The summed E-state index contributed by atoms with van der Waals surface area (Å²) in [6, 6.07) is 0. The summed E-state index contributed by atoms with van der Waals surface area (Å²) in [6.07, 6.45) is 4.60. The molecule has 0 spiro atoms. The Morgan fingerprint density at radius 1 is 1.50 bits per heavy atom. The van der Waals surface area contributed by atoms with Gasteiger partial charge in [0.05, 0.1) is 12.4 Å². The van der Waals surface area contributed by atoms with E-state index in [1.165, 1.54) is 19.5 Å². The quantitative estimate of drug-likeness (QED) is 0.803. The minimum absolute atomic E-state index is 0.470. The van der Waals surface area contributed by atoms with Gasteiger partial charge in [0, 0.05) is 20.1 Å². The molecule has 16 heavy (non-hydrogen) atoms. The minimum Gasteiger partial charge on any atom is -0.382 e. The molecule has 5 nitrogen and oxygen atoms in total. The molecule has 1 aliphatic rings. The van der Waals surface area contributed by atoms with Crippen molar-refractivity contribution < 1.29 is 0 Å². The Labute approximate surface area is 96.3 Å². The van der Waals surface area contributed by atoms with E-state index in [1.54, 1.807) is 12.4 Å². The van der Waals surface area contributed by atoms with E-state index >= 15 is 0 Å². The topological polar surface area (TPSA) is 58.3 Å². The molecule has 5 heteroatoms. The predicted octanol–water partition coefficient (Wildman–Crippen LogP) is 0.447. The number of anilines is 2. The third kappa shape index (κ3) is 2.61. The molecule has 0 aromatic carbocycles. The molecule has 2 N–H and O–H groups in total. The second kappa shape index (κ2) is 4.65. The largest absolute Gasteiger partial charge is 0.382 e. The van der Waals surface area contributed by atoms with Gasteiger partial charge in [0.15, 0.2) is 0 Å². The molecule has 0 aliphatic carbocycles. The molecule has 1 aromatic rings. The van der Waals surface area contributed by atoms with Crippen molar-refractivity contribution in [2.45, 2.75) is 6.42 Å². The van der Waals surface area contributed by atoms with Crippen molar-refractivity contribution in [2.24, 2.45) is 5.92 Å². The normalized spacial score (nSPS) is 21.2. The van der Waals surface area contributed by atoms with Gasteiger partial charge in [-0.25, -0.2) is 9.97 Å². The fourth-order valence-corrected chi connectivity index (χ4v) is 2.18. The number of likely N-dealkylation sites (tertiary alicyclic amines) is 1. The summed E-state index contributed by atoms with van der Waals surface area (Å²) < 4.78 is 0. The van der Waals surface area contributed by atoms with Gasteiger partial charge in [-0.05, 0) is 25.9 Å². The van der Waals surface area contributed by atoms with Crippen molar-refractivity contribution in [3.05, 3.63) is 12.4 Å².